The van der Waals surface area contributed by atoms with Crippen molar-refractivity contribution in [3.05, 3.63) is 46.6 Å². The Balaban J connectivity index is 1.61. The number of aryl methyl sites for hydroxylation is 1. The first kappa shape index (κ1) is 14.6. The molecule has 23 heavy (non-hydrogen) atoms. The number of hydrogen-bond donors (Lipinski definition) is 1. The van der Waals surface area contributed by atoms with Gasteiger partial charge in [-0.2, -0.15) is 0 Å². The van der Waals surface area contributed by atoms with Gasteiger partial charge in [-0.05, 0) is 40.9 Å². The lowest BCUT2D eigenvalue weighted by molar-refractivity contribution is 0.610. The zero-order valence-corrected chi connectivity index (χ0v) is 14.4. The summed E-state index contributed by atoms with van der Waals surface area (Å²) >= 11 is 3.56. The summed E-state index contributed by atoms with van der Waals surface area (Å²) in [5, 5.41) is 13.3. The number of benzene rings is 1. The maximum Gasteiger partial charge on any atom is 0.152 e. The molecule has 1 aliphatic rings. The van der Waals surface area contributed by atoms with Gasteiger partial charge in [0.1, 0.15) is 5.82 Å². The van der Waals surface area contributed by atoms with Crippen LogP contribution < -0.4 is 5.32 Å². The molecule has 0 fully saturated rings. The average molecular weight is 372 g/mol. The van der Waals surface area contributed by atoms with E-state index in [9.17, 15) is 0 Å². The number of rotatable bonds is 3. The van der Waals surface area contributed by atoms with Crippen LogP contribution in [0.5, 0.6) is 0 Å². The Kier molecular flexibility index (Phi) is 3.99. The molecule has 6 heteroatoms. The zero-order chi connectivity index (χ0) is 15.6. The van der Waals surface area contributed by atoms with E-state index < -0.39 is 0 Å². The van der Waals surface area contributed by atoms with Gasteiger partial charge in [-0.15, -0.1) is 10.2 Å². The molecule has 0 unspecified atom stereocenters. The predicted octanol–water partition coefficient (Wildman–Crippen LogP) is 3.93. The predicted molar refractivity (Wildman–Crippen MR) is 94.3 cm³/mol. The molecule has 118 valence electrons. The van der Waals surface area contributed by atoms with Crippen LogP contribution in [0.25, 0.3) is 10.9 Å². The van der Waals surface area contributed by atoms with E-state index in [0.29, 0.717) is 6.54 Å². The van der Waals surface area contributed by atoms with Gasteiger partial charge in [0, 0.05) is 34.7 Å². The molecular formula is C17H18BrN5. The molecule has 1 aromatic carbocycles. The summed E-state index contributed by atoms with van der Waals surface area (Å²) in [4.78, 5) is 4.45. The highest BCUT2D eigenvalue weighted by atomic mass is 79.9. The molecule has 3 aromatic rings. The number of hydrogen-bond acceptors (Lipinski definition) is 4. The van der Waals surface area contributed by atoms with E-state index in [2.05, 4.69) is 47.1 Å². The van der Waals surface area contributed by atoms with Crippen LogP contribution in [0, 0.1) is 0 Å². The Morgan fingerprint density at radius 1 is 1.13 bits per heavy atom. The van der Waals surface area contributed by atoms with E-state index in [0.717, 1.165) is 45.7 Å². The van der Waals surface area contributed by atoms with Gasteiger partial charge in [-0.3, -0.25) is 4.98 Å². The summed E-state index contributed by atoms with van der Waals surface area (Å²) in [5.74, 6) is 2.14. The van der Waals surface area contributed by atoms with Crippen molar-refractivity contribution in [2.45, 2.75) is 38.8 Å². The number of fused-ring (bicyclic) bond motifs is 2. The zero-order valence-electron chi connectivity index (χ0n) is 12.8. The van der Waals surface area contributed by atoms with Crippen molar-refractivity contribution in [1.29, 1.82) is 0 Å². The van der Waals surface area contributed by atoms with E-state index in [1.807, 2.05) is 24.4 Å². The maximum atomic E-state index is 4.45. The van der Waals surface area contributed by atoms with Gasteiger partial charge >= 0.3 is 0 Å². The normalized spacial score (nSPS) is 14.5. The Hall–Kier alpha value is -1.95. The Morgan fingerprint density at radius 3 is 3.04 bits per heavy atom. The van der Waals surface area contributed by atoms with Gasteiger partial charge in [0.05, 0.1) is 12.1 Å². The fourth-order valence-electron chi connectivity index (χ4n) is 3.14. The van der Waals surface area contributed by atoms with Crippen molar-refractivity contribution in [1.82, 2.24) is 19.7 Å². The van der Waals surface area contributed by atoms with Gasteiger partial charge in [0.15, 0.2) is 5.82 Å². The molecule has 0 bridgehead atoms. The second kappa shape index (κ2) is 6.28. The van der Waals surface area contributed by atoms with Crippen LogP contribution >= 0.6 is 15.9 Å². The second-order valence-corrected chi connectivity index (χ2v) is 6.70. The first-order valence-electron chi connectivity index (χ1n) is 8.01. The second-order valence-electron chi connectivity index (χ2n) is 5.84. The third kappa shape index (κ3) is 2.83. The average Bonchev–Trinajstić information content (AvgIpc) is 2.80. The van der Waals surface area contributed by atoms with Crippen molar-refractivity contribution in [3.8, 4) is 0 Å². The van der Waals surface area contributed by atoms with Crippen molar-refractivity contribution in [2.75, 3.05) is 5.32 Å². The molecule has 2 aromatic heterocycles. The molecule has 1 N–H and O–H groups in total. The largest absolute Gasteiger partial charge is 0.377 e. The summed E-state index contributed by atoms with van der Waals surface area (Å²) in [6.07, 6.45) is 6.58. The maximum absolute atomic E-state index is 4.45. The number of pyridine rings is 1. The molecule has 0 radical (unpaired) electrons. The van der Waals surface area contributed by atoms with Gasteiger partial charge in [0.25, 0.3) is 0 Å². The Labute approximate surface area is 143 Å². The molecule has 0 atom stereocenters. The topological polar surface area (TPSA) is 55.6 Å². The van der Waals surface area contributed by atoms with Gasteiger partial charge in [-0.25, -0.2) is 0 Å². The highest BCUT2D eigenvalue weighted by molar-refractivity contribution is 9.10. The van der Waals surface area contributed by atoms with Crippen LogP contribution in [0.1, 0.15) is 30.9 Å². The number of nitrogens with one attached hydrogen (secondary N) is 1. The Bertz CT molecular complexity index is 842. The van der Waals surface area contributed by atoms with E-state index in [4.69, 9.17) is 0 Å². The van der Waals surface area contributed by atoms with Crippen LogP contribution in [0.2, 0.25) is 0 Å². The minimum atomic E-state index is 0.679. The van der Waals surface area contributed by atoms with Crippen LogP contribution in [0.15, 0.2) is 34.9 Å². The van der Waals surface area contributed by atoms with E-state index in [1.54, 1.807) is 0 Å². The summed E-state index contributed by atoms with van der Waals surface area (Å²) in [7, 11) is 0. The fourth-order valence-corrected chi connectivity index (χ4v) is 3.61. The van der Waals surface area contributed by atoms with Crippen LogP contribution in [-0.4, -0.2) is 19.7 Å². The molecule has 0 amide bonds. The lowest BCUT2D eigenvalue weighted by Crippen LogP contribution is -2.10. The molecule has 4 rings (SSSR count). The number of para-hydroxylation sites is 1. The first-order valence-corrected chi connectivity index (χ1v) is 8.80. The van der Waals surface area contributed by atoms with Gasteiger partial charge in [0.2, 0.25) is 0 Å². The minimum absolute atomic E-state index is 0.679. The highest BCUT2D eigenvalue weighted by Crippen LogP contribution is 2.27. The highest BCUT2D eigenvalue weighted by Gasteiger charge is 2.14. The number of nitrogens with zero attached hydrogens (tertiary/aromatic N) is 4. The third-order valence-electron chi connectivity index (χ3n) is 4.34. The van der Waals surface area contributed by atoms with Crippen LogP contribution in [0.4, 0.5) is 5.69 Å². The molecule has 1 aliphatic heterocycles. The lowest BCUT2D eigenvalue weighted by Gasteiger charge is -2.11. The number of halogens is 1. The molecule has 0 spiro atoms. The summed E-state index contributed by atoms with van der Waals surface area (Å²) in [6.45, 7) is 1.71. The van der Waals surface area contributed by atoms with E-state index in [1.165, 1.54) is 19.3 Å². The van der Waals surface area contributed by atoms with Crippen molar-refractivity contribution >= 4 is 32.5 Å². The van der Waals surface area contributed by atoms with Crippen LogP contribution in [-0.2, 0) is 19.5 Å². The lowest BCUT2D eigenvalue weighted by atomic mass is 10.2. The summed E-state index contributed by atoms with van der Waals surface area (Å²) in [5.41, 5.74) is 2.04. The molecule has 3 heterocycles. The summed E-state index contributed by atoms with van der Waals surface area (Å²) in [6, 6.07) is 8.13. The quantitative estimate of drug-likeness (QED) is 0.757. The third-order valence-corrected chi connectivity index (χ3v) is 4.98. The monoisotopic (exact) mass is 371 g/mol. The number of anilines is 1. The molecular weight excluding hydrogens is 354 g/mol. The minimum Gasteiger partial charge on any atom is -0.377 e. The van der Waals surface area contributed by atoms with E-state index in [-0.39, 0.29) is 0 Å². The molecule has 0 saturated heterocycles. The molecule has 0 saturated carbocycles. The smallest absolute Gasteiger partial charge is 0.152 e. The molecule has 0 aliphatic carbocycles. The molecule has 5 nitrogen and oxygen atoms in total. The number of aromatic nitrogens is 4. The van der Waals surface area contributed by atoms with Crippen LogP contribution in [0.3, 0.4) is 0 Å². The SMILES string of the molecule is Brc1cccc2c(NCc3nnc4n3CCCCC4)ccnc12. The van der Waals surface area contributed by atoms with Gasteiger partial charge < -0.3 is 9.88 Å². The van der Waals surface area contributed by atoms with Crippen molar-refractivity contribution in [3.63, 3.8) is 0 Å². The van der Waals surface area contributed by atoms with E-state index >= 15 is 0 Å². The van der Waals surface area contributed by atoms with Crippen molar-refractivity contribution in [2.24, 2.45) is 0 Å². The fraction of sp³-hybridized carbons (Fsp3) is 0.353. The first-order chi connectivity index (χ1) is 11.3. The van der Waals surface area contributed by atoms with Gasteiger partial charge in [-0.1, -0.05) is 18.6 Å². The summed E-state index contributed by atoms with van der Waals surface area (Å²) < 4.78 is 3.29. The standard InChI is InChI=1S/C17H18BrN5/c18-13-6-4-5-12-14(8-9-19-17(12)13)20-11-16-22-21-15-7-2-1-3-10-23(15)16/h4-6,8-9H,1-3,7,10-11H2,(H,19,20). The Morgan fingerprint density at radius 2 is 2.09 bits per heavy atom. The van der Waals surface area contributed by atoms with Crippen molar-refractivity contribution < 1.29 is 0 Å².